The van der Waals surface area contributed by atoms with Crippen LogP contribution in [0.4, 0.5) is 5.69 Å². The predicted molar refractivity (Wildman–Crippen MR) is 86.2 cm³/mol. The molecule has 0 aromatic heterocycles. The molecule has 2 N–H and O–H groups in total. The van der Waals surface area contributed by atoms with E-state index in [-0.39, 0.29) is 4.90 Å². The van der Waals surface area contributed by atoms with Gasteiger partial charge in [0.05, 0.1) is 15.6 Å². The molecule has 2 aromatic rings. The first-order chi connectivity index (χ1) is 9.95. The van der Waals surface area contributed by atoms with Gasteiger partial charge in [-0.05, 0) is 37.2 Å². The van der Waals surface area contributed by atoms with Crippen molar-refractivity contribution in [2.45, 2.75) is 18.4 Å². The summed E-state index contributed by atoms with van der Waals surface area (Å²) in [5, 5.41) is 3.34. The number of anilines is 1. The first-order valence-electron chi connectivity index (χ1n) is 6.46. The molecule has 0 atom stereocenters. The molecule has 0 aliphatic carbocycles. The highest BCUT2D eigenvalue weighted by molar-refractivity contribution is 7.92. The van der Waals surface area contributed by atoms with Crippen molar-refractivity contribution in [2.75, 3.05) is 11.8 Å². The van der Waals surface area contributed by atoms with Crippen LogP contribution in [0.25, 0.3) is 0 Å². The number of benzene rings is 2. The molecule has 0 amide bonds. The topological polar surface area (TPSA) is 58.2 Å². The molecule has 0 aliphatic heterocycles. The average molecular weight is 325 g/mol. The molecule has 0 unspecified atom stereocenters. The number of sulfonamides is 1. The van der Waals surface area contributed by atoms with Gasteiger partial charge >= 0.3 is 0 Å². The molecule has 21 heavy (non-hydrogen) atoms. The molecule has 0 heterocycles. The Hall–Kier alpha value is -1.56. The maximum absolute atomic E-state index is 12.6. The molecule has 0 bridgehead atoms. The molecule has 112 valence electrons. The zero-order valence-electron chi connectivity index (χ0n) is 11.9. The Morgan fingerprint density at radius 2 is 1.81 bits per heavy atom. The van der Waals surface area contributed by atoms with E-state index in [2.05, 4.69) is 10.0 Å². The molecule has 6 heteroatoms. The standard InChI is InChI=1S/C15H17ClN2O2S/c1-11-6-5-8-13(16)15(11)18-21(19,20)14-9-4-3-7-12(14)10-17-2/h3-9,17-18H,10H2,1-2H3. The SMILES string of the molecule is CNCc1ccccc1S(=O)(=O)Nc1c(C)cccc1Cl. The number of hydrogen-bond acceptors (Lipinski definition) is 3. The van der Waals surface area contributed by atoms with Gasteiger partial charge in [0.2, 0.25) is 0 Å². The molecular weight excluding hydrogens is 308 g/mol. The van der Waals surface area contributed by atoms with Gasteiger partial charge in [-0.2, -0.15) is 0 Å². The summed E-state index contributed by atoms with van der Waals surface area (Å²) in [6.45, 7) is 2.28. The van der Waals surface area contributed by atoms with Gasteiger partial charge in [0.1, 0.15) is 0 Å². The van der Waals surface area contributed by atoms with Crippen LogP contribution in [0, 0.1) is 6.92 Å². The number of hydrogen-bond donors (Lipinski definition) is 2. The van der Waals surface area contributed by atoms with Gasteiger partial charge < -0.3 is 5.32 Å². The van der Waals surface area contributed by atoms with Gasteiger partial charge in [-0.15, -0.1) is 0 Å². The highest BCUT2D eigenvalue weighted by Gasteiger charge is 2.19. The third-order valence-corrected chi connectivity index (χ3v) is 4.85. The third-order valence-electron chi connectivity index (χ3n) is 3.09. The number of para-hydroxylation sites is 1. The second-order valence-corrected chi connectivity index (χ2v) is 6.73. The minimum atomic E-state index is -3.69. The van der Waals surface area contributed by atoms with E-state index in [1.807, 2.05) is 19.1 Å². The Balaban J connectivity index is 2.44. The lowest BCUT2D eigenvalue weighted by atomic mass is 10.2. The minimum absolute atomic E-state index is 0.249. The Morgan fingerprint density at radius 3 is 2.48 bits per heavy atom. The smallest absolute Gasteiger partial charge is 0.262 e. The fraction of sp³-hybridized carbons (Fsp3) is 0.200. The lowest BCUT2D eigenvalue weighted by Gasteiger charge is -2.14. The van der Waals surface area contributed by atoms with Crippen LogP contribution in [0.1, 0.15) is 11.1 Å². The van der Waals surface area contributed by atoms with Gasteiger partial charge in [0, 0.05) is 6.54 Å². The van der Waals surface area contributed by atoms with E-state index >= 15 is 0 Å². The van der Waals surface area contributed by atoms with Crippen molar-refractivity contribution in [3.63, 3.8) is 0 Å². The lowest BCUT2D eigenvalue weighted by Crippen LogP contribution is -2.18. The van der Waals surface area contributed by atoms with Crippen molar-refractivity contribution >= 4 is 27.3 Å². The summed E-state index contributed by atoms with van der Waals surface area (Å²) in [5.41, 5.74) is 1.90. The molecular formula is C15H17ClN2O2S. The maximum atomic E-state index is 12.6. The first-order valence-corrected chi connectivity index (χ1v) is 8.32. The monoisotopic (exact) mass is 324 g/mol. The Kier molecular flexibility index (Phi) is 4.88. The summed E-state index contributed by atoms with van der Waals surface area (Å²) in [6.07, 6.45) is 0. The highest BCUT2D eigenvalue weighted by Crippen LogP contribution is 2.28. The average Bonchev–Trinajstić information content (AvgIpc) is 2.44. The zero-order valence-corrected chi connectivity index (χ0v) is 13.4. The van der Waals surface area contributed by atoms with Gasteiger partial charge in [-0.1, -0.05) is 41.9 Å². The second kappa shape index (κ2) is 6.47. The van der Waals surface area contributed by atoms with Gasteiger partial charge in [0.15, 0.2) is 0 Å². The Bertz CT molecular complexity index is 725. The van der Waals surface area contributed by atoms with Crippen LogP contribution in [-0.4, -0.2) is 15.5 Å². The van der Waals surface area contributed by atoms with E-state index in [9.17, 15) is 8.42 Å². The highest BCUT2D eigenvalue weighted by atomic mass is 35.5. The van der Waals surface area contributed by atoms with Crippen LogP contribution < -0.4 is 10.0 Å². The van der Waals surface area contributed by atoms with E-state index in [1.54, 1.807) is 37.4 Å². The molecule has 2 rings (SSSR count). The maximum Gasteiger partial charge on any atom is 0.262 e. The van der Waals surface area contributed by atoms with Crippen LogP contribution in [-0.2, 0) is 16.6 Å². The fourth-order valence-electron chi connectivity index (χ4n) is 2.05. The molecule has 0 saturated heterocycles. The summed E-state index contributed by atoms with van der Waals surface area (Å²) in [5.74, 6) is 0. The Labute approximate surface area is 130 Å². The molecule has 0 fully saturated rings. The molecule has 2 aromatic carbocycles. The van der Waals surface area contributed by atoms with Crippen molar-refractivity contribution in [3.05, 3.63) is 58.6 Å². The molecule has 0 saturated carbocycles. The number of rotatable bonds is 5. The largest absolute Gasteiger partial charge is 0.316 e. The van der Waals surface area contributed by atoms with Crippen molar-refractivity contribution in [3.8, 4) is 0 Å². The van der Waals surface area contributed by atoms with Gasteiger partial charge in [-0.3, -0.25) is 4.72 Å². The van der Waals surface area contributed by atoms with Crippen LogP contribution >= 0.6 is 11.6 Å². The lowest BCUT2D eigenvalue weighted by molar-refractivity contribution is 0.599. The predicted octanol–water partition coefficient (Wildman–Crippen LogP) is 3.17. The van der Waals surface area contributed by atoms with Crippen molar-refractivity contribution < 1.29 is 8.42 Å². The van der Waals surface area contributed by atoms with Gasteiger partial charge in [-0.25, -0.2) is 8.42 Å². The number of halogens is 1. The quantitative estimate of drug-likeness (QED) is 0.888. The van der Waals surface area contributed by atoms with Gasteiger partial charge in [0.25, 0.3) is 10.0 Å². The molecule has 0 aliphatic rings. The van der Waals surface area contributed by atoms with Crippen molar-refractivity contribution in [2.24, 2.45) is 0 Å². The summed E-state index contributed by atoms with van der Waals surface area (Å²) in [6, 6.07) is 12.1. The summed E-state index contributed by atoms with van der Waals surface area (Å²) < 4.78 is 27.8. The third kappa shape index (κ3) is 3.56. The minimum Gasteiger partial charge on any atom is -0.316 e. The number of nitrogens with one attached hydrogen (secondary N) is 2. The fourth-order valence-corrected chi connectivity index (χ4v) is 3.77. The van der Waals surface area contributed by atoms with E-state index < -0.39 is 10.0 Å². The van der Waals surface area contributed by atoms with Crippen LogP contribution in [0.5, 0.6) is 0 Å². The number of aryl methyl sites for hydroxylation is 1. The van der Waals surface area contributed by atoms with E-state index in [0.29, 0.717) is 22.8 Å². The van der Waals surface area contributed by atoms with Crippen LogP contribution in [0.3, 0.4) is 0 Å². The van der Waals surface area contributed by atoms with Crippen molar-refractivity contribution in [1.29, 1.82) is 0 Å². The summed E-state index contributed by atoms with van der Waals surface area (Å²) in [4.78, 5) is 0.249. The normalized spacial score (nSPS) is 11.4. The molecule has 0 radical (unpaired) electrons. The van der Waals surface area contributed by atoms with Crippen molar-refractivity contribution in [1.82, 2.24) is 5.32 Å². The van der Waals surface area contributed by atoms with E-state index in [4.69, 9.17) is 11.6 Å². The zero-order chi connectivity index (χ0) is 15.5. The summed E-state index contributed by atoms with van der Waals surface area (Å²) in [7, 11) is -1.91. The summed E-state index contributed by atoms with van der Waals surface area (Å²) >= 11 is 6.08. The van der Waals surface area contributed by atoms with Crippen LogP contribution in [0.2, 0.25) is 5.02 Å². The second-order valence-electron chi connectivity index (χ2n) is 4.68. The Morgan fingerprint density at radius 1 is 1.10 bits per heavy atom. The van der Waals surface area contributed by atoms with E-state index in [0.717, 1.165) is 5.56 Å². The molecule has 4 nitrogen and oxygen atoms in total. The van der Waals surface area contributed by atoms with Crippen LogP contribution in [0.15, 0.2) is 47.4 Å². The molecule has 0 spiro atoms. The first kappa shape index (κ1) is 15.8. The van der Waals surface area contributed by atoms with E-state index in [1.165, 1.54) is 0 Å².